The molecule has 23 heavy (non-hydrogen) atoms. The molecule has 4 nitrogen and oxygen atoms in total. The molecular weight excluding hydrogens is 314 g/mol. The second-order valence-corrected chi connectivity index (χ2v) is 6.62. The lowest BCUT2D eigenvalue weighted by Gasteiger charge is -2.35. The van der Waals surface area contributed by atoms with Crippen molar-refractivity contribution in [2.45, 2.75) is 45.1 Å². The average molecular weight is 338 g/mol. The number of rotatable bonds is 5. The number of carbonyl (C=O) groups is 2. The summed E-state index contributed by atoms with van der Waals surface area (Å²) in [4.78, 5) is 26.6. The second kappa shape index (κ2) is 8.34. The average Bonchev–Trinajstić information content (AvgIpc) is 2.58. The van der Waals surface area contributed by atoms with Gasteiger partial charge in [-0.05, 0) is 31.0 Å². The fourth-order valence-electron chi connectivity index (χ4n) is 3.15. The number of benzene rings is 1. The van der Waals surface area contributed by atoms with Crippen molar-refractivity contribution in [3.63, 3.8) is 0 Å². The molecular formula is C18H24ClNO3. The monoisotopic (exact) mass is 337 g/mol. The summed E-state index contributed by atoms with van der Waals surface area (Å²) in [6, 6.07) is 7.16. The van der Waals surface area contributed by atoms with E-state index in [-0.39, 0.29) is 23.8 Å². The Morgan fingerprint density at radius 1 is 1.30 bits per heavy atom. The Balaban J connectivity index is 2.21. The summed E-state index contributed by atoms with van der Waals surface area (Å²) in [6.45, 7) is 2.18. The number of carbonyl (C=O) groups excluding carboxylic acids is 2. The molecule has 126 valence electrons. The highest BCUT2D eigenvalue weighted by Gasteiger charge is 2.29. The fourth-order valence-corrected chi connectivity index (χ4v) is 3.34. The van der Waals surface area contributed by atoms with Crippen LogP contribution in [0.25, 0.3) is 0 Å². The van der Waals surface area contributed by atoms with Gasteiger partial charge in [0.15, 0.2) is 0 Å². The molecule has 0 aliphatic heterocycles. The molecule has 0 heterocycles. The minimum atomic E-state index is -0.343. The topological polar surface area (TPSA) is 46.6 Å². The second-order valence-electron chi connectivity index (χ2n) is 6.18. The molecule has 0 bridgehead atoms. The molecule has 0 N–H and O–H groups in total. The molecule has 0 saturated heterocycles. The van der Waals surface area contributed by atoms with Gasteiger partial charge in [-0.25, -0.2) is 0 Å². The minimum Gasteiger partial charge on any atom is -0.469 e. The third kappa shape index (κ3) is 4.71. The Bertz CT molecular complexity index is 555. The molecule has 1 atom stereocenters. The van der Waals surface area contributed by atoms with E-state index in [0.717, 1.165) is 25.7 Å². The zero-order valence-electron chi connectivity index (χ0n) is 13.8. The maximum atomic E-state index is 13.0. The standard InChI is InChI=1S/C18H24ClNO3/c1-13(18(22)23-2)12-20(16-9-4-3-5-10-16)17(21)14-7-6-8-15(19)11-14/h6-8,11,13,16H,3-5,9-10,12H2,1-2H3. The molecule has 1 saturated carbocycles. The smallest absolute Gasteiger partial charge is 0.310 e. The number of halogens is 1. The molecule has 0 spiro atoms. The molecule has 0 radical (unpaired) electrons. The first-order chi connectivity index (χ1) is 11.0. The van der Waals surface area contributed by atoms with Gasteiger partial charge in [0.05, 0.1) is 13.0 Å². The van der Waals surface area contributed by atoms with Crippen LogP contribution in [-0.2, 0) is 9.53 Å². The molecule has 1 unspecified atom stereocenters. The molecule has 1 aliphatic carbocycles. The Morgan fingerprint density at radius 2 is 2.00 bits per heavy atom. The van der Waals surface area contributed by atoms with Crippen molar-refractivity contribution in [2.24, 2.45) is 5.92 Å². The Labute approximate surface area is 142 Å². The van der Waals surface area contributed by atoms with E-state index in [0.29, 0.717) is 17.1 Å². The van der Waals surface area contributed by atoms with E-state index in [9.17, 15) is 9.59 Å². The van der Waals surface area contributed by atoms with Gasteiger partial charge in [-0.3, -0.25) is 9.59 Å². The predicted molar refractivity (Wildman–Crippen MR) is 90.5 cm³/mol. The van der Waals surface area contributed by atoms with Crippen LogP contribution in [0.2, 0.25) is 5.02 Å². The SMILES string of the molecule is COC(=O)C(C)CN(C(=O)c1cccc(Cl)c1)C1CCCCC1. The summed E-state index contributed by atoms with van der Waals surface area (Å²) >= 11 is 6.01. The van der Waals surface area contributed by atoms with Crippen molar-refractivity contribution < 1.29 is 14.3 Å². The van der Waals surface area contributed by atoms with Crippen molar-refractivity contribution in [3.8, 4) is 0 Å². The lowest BCUT2D eigenvalue weighted by atomic mass is 9.93. The molecule has 0 aromatic heterocycles. The Hall–Kier alpha value is -1.55. The number of amides is 1. The maximum absolute atomic E-state index is 13.0. The van der Waals surface area contributed by atoms with Crippen molar-refractivity contribution >= 4 is 23.5 Å². The van der Waals surface area contributed by atoms with Crippen molar-refractivity contribution in [1.29, 1.82) is 0 Å². The van der Waals surface area contributed by atoms with Gasteiger partial charge >= 0.3 is 5.97 Å². The van der Waals surface area contributed by atoms with Gasteiger partial charge in [-0.15, -0.1) is 0 Å². The van der Waals surface area contributed by atoms with Gasteiger partial charge in [-0.1, -0.05) is 43.9 Å². The summed E-state index contributed by atoms with van der Waals surface area (Å²) in [7, 11) is 1.38. The van der Waals surface area contributed by atoms with Crippen LogP contribution in [0.5, 0.6) is 0 Å². The first-order valence-electron chi connectivity index (χ1n) is 8.17. The Morgan fingerprint density at radius 3 is 2.61 bits per heavy atom. The molecule has 5 heteroatoms. The fraction of sp³-hybridized carbons (Fsp3) is 0.556. The summed E-state index contributed by atoms with van der Waals surface area (Å²) in [5.74, 6) is -0.690. The zero-order chi connectivity index (χ0) is 16.8. The van der Waals surface area contributed by atoms with Crippen LogP contribution in [0.3, 0.4) is 0 Å². The predicted octanol–water partition coefficient (Wildman–Crippen LogP) is 3.92. The lowest BCUT2D eigenvalue weighted by Crippen LogP contribution is -2.45. The van der Waals surface area contributed by atoms with Gasteiger partial charge in [-0.2, -0.15) is 0 Å². The van der Waals surface area contributed by atoms with E-state index < -0.39 is 0 Å². The van der Waals surface area contributed by atoms with E-state index in [4.69, 9.17) is 16.3 Å². The Kier molecular flexibility index (Phi) is 6.46. The summed E-state index contributed by atoms with van der Waals surface area (Å²) in [5.41, 5.74) is 0.570. The number of ether oxygens (including phenoxy) is 1. The number of nitrogens with zero attached hydrogens (tertiary/aromatic N) is 1. The van der Waals surface area contributed by atoms with Gasteiger partial charge in [0.2, 0.25) is 0 Å². The third-order valence-electron chi connectivity index (χ3n) is 4.42. The minimum absolute atomic E-state index is 0.0600. The molecule has 1 aromatic rings. The molecule has 1 fully saturated rings. The normalized spacial score (nSPS) is 16.7. The molecule has 1 amide bonds. The number of hydrogen-bond acceptors (Lipinski definition) is 3. The van der Waals surface area contributed by atoms with Gasteiger partial charge < -0.3 is 9.64 Å². The summed E-state index contributed by atoms with van der Waals surface area (Å²) < 4.78 is 4.81. The van der Waals surface area contributed by atoms with Crippen LogP contribution < -0.4 is 0 Å². The summed E-state index contributed by atoms with van der Waals surface area (Å²) in [6.07, 6.45) is 5.43. The van der Waals surface area contributed by atoms with Crippen LogP contribution in [0.15, 0.2) is 24.3 Å². The van der Waals surface area contributed by atoms with Gasteiger partial charge in [0, 0.05) is 23.2 Å². The van der Waals surface area contributed by atoms with Crippen molar-refractivity contribution in [1.82, 2.24) is 4.90 Å². The highest BCUT2D eigenvalue weighted by molar-refractivity contribution is 6.30. The lowest BCUT2D eigenvalue weighted by molar-refractivity contribution is -0.145. The van der Waals surface area contributed by atoms with Crippen LogP contribution in [-0.4, -0.2) is 36.5 Å². The van der Waals surface area contributed by atoms with Crippen LogP contribution in [0.1, 0.15) is 49.4 Å². The van der Waals surface area contributed by atoms with E-state index in [1.807, 2.05) is 4.90 Å². The van der Waals surface area contributed by atoms with Crippen LogP contribution in [0, 0.1) is 5.92 Å². The number of methoxy groups -OCH3 is 1. The molecule has 1 aliphatic rings. The first kappa shape index (κ1) is 17.8. The number of hydrogen-bond donors (Lipinski definition) is 0. The van der Waals surface area contributed by atoms with E-state index in [1.54, 1.807) is 31.2 Å². The zero-order valence-corrected chi connectivity index (χ0v) is 14.5. The maximum Gasteiger partial charge on any atom is 0.310 e. The van der Waals surface area contributed by atoms with Crippen LogP contribution >= 0.6 is 11.6 Å². The number of esters is 1. The van der Waals surface area contributed by atoms with Crippen molar-refractivity contribution in [3.05, 3.63) is 34.9 Å². The molecule has 2 rings (SSSR count). The highest BCUT2D eigenvalue weighted by atomic mass is 35.5. The third-order valence-corrected chi connectivity index (χ3v) is 4.66. The summed E-state index contributed by atoms with van der Waals surface area (Å²) in [5, 5.41) is 0.542. The van der Waals surface area contributed by atoms with E-state index in [2.05, 4.69) is 0 Å². The van der Waals surface area contributed by atoms with Crippen LogP contribution in [0.4, 0.5) is 0 Å². The first-order valence-corrected chi connectivity index (χ1v) is 8.55. The van der Waals surface area contributed by atoms with E-state index in [1.165, 1.54) is 13.5 Å². The highest BCUT2D eigenvalue weighted by Crippen LogP contribution is 2.25. The molecule has 1 aromatic carbocycles. The van der Waals surface area contributed by atoms with Gasteiger partial charge in [0.1, 0.15) is 0 Å². The van der Waals surface area contributed by atoms with E-state index >= 15 is 0 Å². The van der Waals surface area contributed by atoms with Gasteiger partial charge in [0.25, 0.3) is 5.91 Å². The van der Waals surface area contributed by atoms with Crippen molar-refractivity contribution in [2.75, 3.05) is 13.7 Å². The quantitative estimate of drug-likeness (QED) is 0.765. The largest absolute Gasteiger partial charge is 0.469 e.